The number of hydrogen-bond donors (Lipinski definition) is 2. The summed E-state index contributed by atoms with van der Waals surface area (Å²) in [5.74, 6) is 1.42. The van der Waals surface area contributed by atoms with E-state index in [4.69, 9.17) is 4.99 Å². The monoisotopic (exact) mass is 263 g/mol. The van der Waals surface area contributed by atoms with E-state index in [0.717, 1.165) is 22.5 Å². The van der Waals surface area contributed by atoms with Crippen LogP contribution in [0.1, 0.15) is 25.7 Å². The van der Waals surface area contributed by atoms with Gasteiger partial charge in [-0.1, -0.05) is 0 Å². The van der Waals surface area contributed by atoms with Crippen LogP contribution in [0.2, 0.25) is 0 Å². The predicted molar refractivity (Wildman–Crippen MR) is 71.1 cm³/mol. The van der Waals surface area contributed by atoms with E-state index in [-0.39, 0.29) is 11.4 Å². The van der Waals surface area contributed by atoms with Gasteiger partial charge in [0.2, 0.25) is 5.96 Å². The van der Waals surface area contributed by atoms with Gasteiger partial charge in [-0.2, -0.15) is 0 Å². The van der Waals surface area contributed by atoms with Gasteiger partial charge in [-0.15, -0.1) is 0 Å². The van der Waals surface area contributed by atoms with E-state index in [0.29, 0.717) is 0 Å². The highest BCUT2D eigenvalue weighted by molar-refractivity contribution is 7.98. The van der Waals surface area contributed by atoms with Crippen molar-refractivity contribution in [1.82, 2.24) is 4.72 Å². The van der Waals surface area contributed by atoms with E-state index in [1.165, 1.54) is 49.8 Å². The van der Waals surface area contributed by atoms with Crippen molar-refractivity contribution in [2.45, 2.75) is 36.1 Å². The molecule has 1 aromatic carbocycles. The summed E-state index contributed by atoms with van der Waals surface area (Å²) in [4.78, 5) is 5.72. The lowest BCUT2D eigenvalue weighted by Crippen LogP contribution is -2.31. The highest BCUT2D eigenvalue weighted by Crippen LogP contribution is 2.56. The van der Waals surface area contributed by atoms with Gasteiger partial charge in [0.1, 0.15) is 5.82 Å². The molecule has 5 heteroatoms. The minimum Gasteiger partial charge on any atom is -0.325 e. The normalized spacial score (nSPS) is 26.2. The Morgan fingerprint density at radius 1 is 1.33 bits per heavy atom. The lowest BCUT2D eigenvalue weighted by atomic mass is 10.2. The lowest BCUT2D eigenvalue weighted by molar-refractivity contribution is 0.589. The molecule has 0 amide bonds. The number of nitrogens with one attached hydrogen (secondary N) is 2. The van der Waals surface area contributed by atoms with Crippen molar-refractivity contribution in [3.8, 4) is 0 Å². The Balaban J connectivity index is 1.59. The number of rotatable bonds is 2. The standard InChI is InChI=1S/C13H14FN3S/c14-9-3-4-10-11(7-9)18-17-12(15-10)16-13(5-6-13)8-1-2-8/h3-4,7-8H,1-2,5-6H2,(H2,15,16,17). The molecule has 1 aliphatic heterocycles. The number of fused-ring (bicyclic) bond motifs is 1. The molecular formula is C13H14FN3S. The highest BCUT2D eigenvalue weighted by atomic mass is 32.2. The third-order valence-corrected chi connectivity index (χ3v) is 4.74. The van der Waals surface area contributed by atoms with Crippen molar-refractivity contribution in [2.24, 2.45) is 10.9 Å². The van der Waals surface area contributed by atoms with Crippen LogP contribution in [0.4, 0.5) is 10.1 Å². The van der Waals surface area contributed by atoms with Gasteiger partial charge in [0, 0.05) is 0 Å². The number of hydrogen-bond acceptors (Lipinski definition) is 2. The maximum Gasteiger partial charge on any atom is 0.206 e. The zero-order chi connectivity index (χ0) is 12.2. The Hall–Kier alpha value is -1.23. The average Bonchev–Trinajstić information content (AvgIpc) is 3.22. The van der Waals surface area contributed by atoms with Gasteiger partial charge < -0.3 is 5.32 Å². The summed E-state index contributed by atoms with van der Waals surface area (Å²) >= 11 is 1.43. The zero-order valence-corrected chi connectivity index (χ0v) is 10.7. The number of aliphatic imine (C=N–C) groups is 1. The van der Waals surface area contributed by atoms with Gasteiger partial charge in [0.25, 0.3) is 0 Å². The molecule has 0 atom stereocenters. The molecule has 0 bridgehead atoms. The van der Waals surface area contributed by atoms with Crippen molar-refractivity contribution >= 4 is 23.6 Å². The smallest absolute Gasteiger partial charge is 0.206 e. The molecule has 2 saturated carbocycles. The minimum absolute atomic E-state index is 0.207. The van der Waals surface area contributed by atoms with Gasteiger partial charge in [-0.05, 0) is 61.7 Å². The molecule has 0 unspecified atom stereocenters. The second kappa shape index (κ2) is 3.63. The van der Waals surface area contributed by atoms with E-state index < -0.39 is 0 Å². The molecule has 0 spiro atoms. The summed E-state index contributed by atoms with van der Waals surface area (Å²) in [5.41, 5.74) is 1.15. The molecule has 18 heavy (non-hydrogen) atoms. The molecule has 3 aliphatic rings. The third kappa shape index (κ3) is 1.77. The van der Waals surface area contributed by atoms with Gasteiger partial charge in [0.15, 0.2) is 0 Å². The number of nitrogens with zero attached hydrogens (tertiary/aromatic N) is 1. The molecular weight excluding hydrogens is 249 g/mol. The molecule has 2 fully saturated rings. The van der Waals surface area contributed by atoms with E-state index >= 15 is 0 Å². The van der Waals surface area contributed by atoms with Crippen LogP contribution < -0.4 is 10.0 Å². The largest absolute Gasteiger partial charge is 0.325 e. The molecule has 2 N–H and O–H groups in total. The van der Waals surface area contributed by atoms with Crippen LogP contribution >= 0.6 is 11.9 Å². The van der Waals surface area contributed by atoms with Crippen molar-refractivity contribution in [2.75, 3.05) is 5.32 Å². The zero-order valence-electron chi connectivity index (χ0n) is 9.87. The van der Waals surface area contributed by atoms with Gasteiger partial charge >= 0.3 is 0 Å². The summed E-state index contributed by atoms with van der Waals surface area (Å²) in [7, 11) is 0. The molecule has 0 aromatic heterocycles. The Labute approximate surface area is 109 Å². The fraction of sp³-hybridized carbons (Fsp3) is 0.462. The summed E-state index contributed by atoms with van der Waals surface area (Å²) in [5, 5.41) is 3.25. The Kier molecular flexibility index (Phi) is 2.15. The van der Waals surface area contributed by atoms with Crippen LogP contribution in [0, 0.1) is 11.7 Å². The van der Waals surface area contributed by atoms with Crippen LogP contribution in [0.15, 0.2) is 28.1 Å². The van der Waals surface area contributed by atoms with Crippen LogP contribution in [0.3, 0.4) is 0 Å². The molecule has 0 radical (unpaired) electrons. The number of anilines is 1. The minimum atomic E-state index is -0.207. The second-order valence-electron chi connectivity index (χ2n) is 5.31. The van der Waals surface area contributed by atoms with E-state index in [1.54, 1.807) is 6.07 Å². The van der Waals surface area contributed by atoms with E-state index in [9.17, 15) is 4.39 Å². The predicted octanol–water partition coefficient (Wildman–Crippen LogP) is 3.15. The first kappa shape index (κ1) is 10.7. The molecule has 3 nitrogen and oxygen atoms in total. The first-order valence-electron chi connectivity index (χ1n) is 6.34. The fourth-order valence-electron chi connectivity index (χ4n) is 2.57. The number of guanidine groups is 1. The number of benzene rings is 1. The number of halogens is 1. The molecule has 1 heterocycles. The molecule has 4 rings (SSSR count). The van der Waals surface area contributed by atoms with Crippen LogP contribution in [-0.2, 0) is 0 Å². The molecule has 1 aromatic rings. The topological polar surface area (TPSA) is 36.4 Å². The van der Waals surface area contributed by atoms with Crippen molar-refractivity contribution in [3.63, 3.8) is 0 Å². The van der Waals surface area contributed by atoms with E-state index in [1.807, 2.05) is 0 Å². The van der Waals surface area contributed by atoms with Crippen LogP contribution in [0.25, 0.3) is 0 Å². The van der Waals surface area contributed by atoms with Gasteiger partial charge in [-0.3, -0.25) is 4.72 Å². The third-order valence-electron chi connectivity index (χ3n) is 3.89. The molecule has 94 valence electrons. The lowest BCUT2D eigenvalue weighted by Gasteiger charge is -2.22. The fourth-order valence-corrected chi connectivity index (χ4v) is 3.28. The average molecular weight is 263 g/mol. The summed E-state index contributed by atoms with van der Waals surface area (Å²) in [6, 6.07) is 4.78. The van der Waals surface area contributed by atoms with Crippen molar-refractivity contribution in [3.05, 3.63) is 24.0 Å². The van der Waals surface area contributed by atoms with Gasteiger partial charge in [0.05, 0.1) is 16.1 Å². The van der Waals surface area contributed by atoms with Gasteiger partial charge in [-0.25, -0.2) is 9.38 Å². The van der Waals surface area contributed by atoms with Crippen molar-refractivity contribution < 1.29 is 4.39 Å². The van der Waals surface area contributed by atoms with E-state index in [2.05, 4.69) is 10.0 Å². The maximum atomic E-state index is 13.1. The Bertz CT molecular complexity index is 535. The second-order valence-corrected chi connectivity index (χ2v) is 6.16. The summed E-state index contributed by atoms with van der Waals surface area (Å²) < 4.78 is 16.3. The molecule has 2 aliphatic carbocycles. The van der Waals surface area contributed by atoms with Crippen LogP contribution in [0.5, 0.6) is 0 Å². The first-order valence-corrected chi connectivity index (χ1v) is 7.16. The first-order chi connectivity index (χ1) is 8.75. The SMILES string of the molecule is Fc1ccc2c(c1)SNC(=NC1(C3CC3)CC1)N2. The van der Waals surface area contributed by atoms with Crippen LogP contribution in [-0.4, -0.2) is 11.5 Å². The molecule has 0 saturated heterocycles. The quantitative estimate of drug-likeness (QED) is 0.805. The Morgan fingerprint density at radius 3 is 2.89 bits per heavy atom. The maximum absolute atomic E-state index is 13.1. The van der Waals surface area contributed by atoms with Crippen molar-refractivity contribution in [1.29, 1.82) is 0 Å². The Morgan fingerprint density at radius 2 is 2.17 bits per heavy atom. The summed E-state index contributed by atoms with van der Waals surface area (Å²) in [6.07, 6.45) is 5.08. The summed E-state index contributed by atoms with van der Waals surface area (Å²) in [6.45, 7) is 0. The highest BCUT2D eigenvalue weighted by Gasteiger charge is 2.54.